The molecule has 8 N–H and O–H groups in total. The molecule has 1 aliphatic heterocycles. The number of carboxylic acid groups (broad SMARTS) is 1. The van der Waals surface area contributed by atoms with Gasteiger partial charge in [0.15, 0.2) is 6.29 Å². The van der Waals surface area contributed by atoms with Gasteiger partial charge in [0.2, 0.25) is 11.8 Å². The molecule has 2 heterocycles. The smallest absolute Gasteiger partial charge is 0.412 e. The number of hydrogen-bond acceptors (Lipinski definition) is 16. The van der Waals surface area contributed by atoms with Crippen molar-refractivity contribution in [2.24, 2.45) is 17.8 Å². The SMILES string of the molecule is CCCO[C@H](C[C@H](C(C)C)N(CCC)C(=O)[C@@H](NC(=N)[C@H]1CCCCN1C)[C@@H](C)CC)c1nc(C(=O)N[C@@H](Cc2ccc(OC(=O)NCCCCNC(=O)CCNC(=O)OCC(OC)OC(CC)CO)cc2)C[C@H](C)C(=O)O)cs1. The van der Waals surface area contributed by atoms with Crippen LogP contribution in [0.5, 0.6) is 5.75 Å². The Morgan fingerprint density at radius 3 is 2.21 bits per heavy atom. The Bertz CT molecular complexity index is 2180. The molecule has 23 heteroatoms. The van der Waals surface area contributed by atoms with Crippen LogP contribution >= 0.6 is 11.3 Å². The third kappa shape index (κ3) is 24.3. The standard InChI is InChI=1S/C57H95N9O13S/c1-11-28-66(54(70)50(38(7)13-3)64-51(58)45-19-15-18-29-65(45)9)46(37(5)6)33-47(76-30-12-2)53-63-44(36-80-53)52(69)62-41(31-39(8)55(71)72)32-40-20-22-43(23-21-40)79-57(74)60-26-17-16-25-59-48(68)24-27-61-56(73)77-35-49(75-10)78-42(14-4)34-67/h20-23,36-39,41-42,45-47,49-50,67H,11-19,24-35H2,1-10H3,(H2,58,64)(H,59,68)(H,60,74)(H,61,73)(H,62,69)(H,71,72)/t38-,39-,41+,42?,45+,46+,47+,49?,50-/m0/s1. The lowest BCUT2D eigenvalue weighted by molar-refractivity contribution is -0.181. The molecule has 80 heavy (non-hydrogen) atoms. The van der Waals surface area contributed by atoms with E-state index < -0.39 is 60.6 Å². The van der Waals surface area contributed by atoms with Crippen LogP contribution in [0.3, 0.4) is 0 Å². The van der Waals surface area contributed by atoms with Crippen molar-refractivity contribution in [3.63, 3.8) is 0 Å². The topological polar surface area (TPSA) is 292 Å². The summed E-state index contributed by atoms with van der Waals surface area (Å²) in [5, 5.41) is 44.9. The minimum Gasteiger partial charge on any atom is -0.481 e. The van der Waals surface area contributed by atoms with Crippen molar-refractivity contribution in [1.29, 1.82) is 5.41 Å². The van der Waals surface area contributed by atoms with Crippen molar-refractivity contribution in [1.82, 2.24) is 41.4 Å². The van der Waals surface area contributed by atoms with Gasteiger partial charge in [-0.25, -0.2) is 14.6 Å². The second-order valence-corrected chi connectivity index (χ2v) is 22.0. The number of aliphatic hydroxyl groups excluding tert-OH is 1. The highest BCUT2D eigenvalue weighted by Gasteiger charge is 2.38. The minimum absolute atomic E-state index is 0.0217. The number of aromatic nitrogens is 1. The second kappa shape index (κ2) is 37.5. The molecule has 3 rings (SSSR count). The summed E-state index contributed by atoms with van der Waals surface area (Å²) in [6.45, 7) is 18.1. The lowest BCUT2D eigenvalue weighted by Gasteiger charge is -2.40. The molecule has 1 fully saturated rings. The summed E-state index contributed by atoms with van der Waals surface area (Å²) in [6.07, 6.45) is 4.64. The van der Waals surface area contributed by atoms with E-state index in [9.17, 15) is 39.0 Å². The fourth-order valence-corrected chi connectivity index (χ4v) is 10.1. The number of nitrogens with one attached hydrogen (secondary N) is 6. The molecule has 0 radical (unpaired) electrons. The van der Waals surface area contributed by atoms with Crippen molar-refractivity contribution in [2.75, 3.05) is 66.7 Å². The van der Waals surface area contributed by atoms with Gasteiger partial charge in [0.05, 0.1) is 24.7 Å². The Morgan fingerprint density at radius 2 is 1.60 bits per heavy atom. The van der Waals surface area contributed by atoms with Gasteiger partial charge in [-0.15, -0.1) is 11.3 Å². The molecule has 0 saturated carbocycles. The average molecular weight is 1150 g/mol. The van der Waals surface area contributed by atoms with Gasteiger partial charge in [0.1, 0.15) is 41.0 Å². The van der Waals surface area contributed by atoms with Gasteiger partial charge in [-0.2, -0.15) is 0 Å². The molecule has 1 aromatic heterocycles. The number of likely N-dealkylation sites (N-methyl/N-ethyl adjacent to an activating group) is 1. The first-order valence-electron chi connectivity index (χ1n) is 28.8. The monoisotopic (exact) mass is 1150 g/mol. The summed E-state index contributed by atoms with van der Waals surface area (Å²) in [4.78, 5) is 86.7. The molecular weight excluding hydrogens is 1050 g/mol. The second-order valence-electron chi connectivity index (χ2n) is 21.1. The minimum atomic E-state index is -0.998. The molecule has 1 saturated heterocycles. The van der Waals surface area contributed by atoms with Gasteiger partial charge >= 0.3 is 18.2 Å². The highest BCUT2D eigenvalue weighted by molar-refractivity contribution is 7.09. The van der Waals surface area contributed by atoms with Gasteiger partial charge in [0.25, 0.3) is 5.91 Å². The van der Waals surface area contributed by atoms with E-state index >= 15 is 0 Å². The van der Waals surface area contributed by atoms with Crippen LogP contribution in [-0.4, -0.2) is 170 Å². The number of hydrogen-bond donors (Lipinski definition) is 8. The van der Waals surface area contributed by atoms with Crippen LogP contribution in [0.1, 0.15) is 160 Å². The number of alkyl carbamates (subject to hydrolysis) is 1. The van der Waals surface area contributed by atoms with Gasteiger partial charge in [-0.1, -0.05) is 80.4 Å². The van der Waals surface area contributed by atoms with E-state index in [4.69, 9.17) is 34.1 Å². The molecule has 2 aromatic rings. The normalized spacial score (nSPS) is 16.7. The number of piperidine rings is 1. The van der Waals surface area contributed by atoms with Crippen molar-refractivity contribution >= 4 is 53.0 Å². The molecule has 452 valence electrons. The Hall–Kier alpha value is -5.46. The number of likely N-dealkylation sites (tertiary alicyclic amines) is 1. The van der Waals surface area contributed by atoms with E-state index in [0.29, 0.717) is 62.8 Å². The predicted molar refractivity (Wildman–Crippen MR) is 307 cm³/mol. The number of amides is 5. The Balaban J connectivity index is 1.57. The number of carboxylic acids is 1. The Kier molecular flexibility index (Phi) is 32.3. The average Bonchev–Trinajstić information content (AvgIpc) is 3.95. The summed E-state index contributed by atoms with van der Waals surface area (Å²) >= 11 is 1.31. The Morgan fingerprint density at radius 1 is 0.900 bits per heavy atom. The molecule has 5 amide bonds. The number of thiazole rings is 1. The zero-order chi connectivity index (χ0) is 59.1. The largest absolute Gasteiger partial charge is 0.481 e. The molecule has 0 spiro atoms. The highest BCUT2D eigenvalue weighted by atomic mass is 32.1. The van der Waals surface area contributed by atoms with Crippen LogP contribution in [-0.2, 0) is 39.8 Å². The first kappa shape index (κ1) is 68.8. The van der Waals surface area contributed by atoms with E-state index in [0.717, 1.165) is 50.6 Å². The molecule has 1 aromatic carbocycles. The van der Waals surface area contributed by atoms with E-state index in [2.05, 4.69) is 66.1 Å². The summed E-state index contributed by atoms with van der Waals surface area (Å²) in [5.41, 5.74) is 0.943. The molecule has 22 nitrogen and oxygen atoms in total. The molecule has 0 aliphatic carbocycles. The maximum Gasteiger partial charge on any atom is 0.412 e. The molecule has 9 atom stereocenters. The number of unbranched alkanes of at least 4 members (excludes halogenated alkanes) is 1. The van der Waals surface area contributed by atoms with E-state index in [1.54, 1.807) is 36.6 Å². The third-order valence-electron chi connectivity index (χ3n) is 14.3. The number of nitrogens with zero attached hydrogens (tertiary/aromatic N) is 3. The lowest BCUT2D eigenvalue weighted by atomic mass is 9.91. The number of carbonyl (C=O) groups excluding carboxylic acids is 5. The zero-order valence-corrected chi connectivity index (χ0v) is 50.0. The van der Waals surface area contributed by atoms with Crippen molar-refractivity contribution in [2.45, 2.75) is 182 Å². The Labute approximate surface area is 478 Å². The first-order chi connectivity index (χ1) is 38.3. The maximum absolute atomic E-state index is 14.8. The number of aliphatic hydroxyl groups is 1. The van der Waals surface area contributed by atoms with Crippen LogP contribution < -0.4 is 31.3 Å². The van der Waals surface area contributed by atoms with Crippen molar-refractivity contribution in [3.05, 3.63) is 45.9 Å². The fourth-order valence-electron chi connectivity index (χ4n) is 9.24. The fraction of sp³-hybridized carbons (Fsp3) is 0.719. The summed E-state index contributed by atoms with van der Waals surface area (Å²) in [7, 11) is 3.44. The number of benzene rings is 1. The number of ether oxygens (including phenoxy) is 5. The van der Waals surface area contributed by atoms with Gasteiger partial charge < -0.3 is 65.4 Å². The van der Waals surface area contributed by atoms with E-state index in [-0.39, 0.29) is 86.2 Å². The first-order valence-corrected chi connectivity index (χ1v) is 29.6. The van der Waals surface area contributed by atoms with E-state index in [1.807, 2.05) is 25.8 Å². The van der Waals surface area contributed by atoms with Crippen LogP contribution in [0.15, 0.2) is 29.6 Å². The maximum atomic E-state index is 14.8. The third-order valence-corrected chi connectivity index (χ3v) is 15.2. The number of amidine groups is 1. The number of methoxy groups -OCH3 is 1. The number of aliphatic carboxylic acids is 1. The van der Waals surface area contributed by atoms with Crippen LogP contribution in [0.4, 0.5) is 9.59 Å². The van der Waals surface area contributed by atoms with Gasteiger partial charge in [-0.05, 0) is 101 Å². The van der Waals surface area contributed by atoms with Gasteiger partial charge in [0, 0.05) is 70.2 Å². The summed E-state index contributed by atoms with van der Waals surface area (Å²) < 4.78 is 27.6. The predicted octanol–water partition coefficient (Wildman–Crippen LogP) is 7.04. The molecule has 0 bridgehead atoms. The molecule has 1 aliphatic rings. The molecule has 2 unspecified atom stereocenters. The lowest BCUT2D eigenvalue weighted by Crippen LogP contribution is -2.58. The number of rotatable bonds is 38. The summed E-state index contributed by atoms with van der Waals surface area (Å²) in [6, 6.07) is 5.27. The van der Waals surface area contributed by atoms with Crippen LogP contribution in [0.25, 0.3) is 0 Å². The van der Waals surface area contributed by atoms with Crippen molar-refractivity contribution in [3.8, 4) is 5.75 Å². The quantitative estimate of drug-likeness (QED) is 0.0145. The summed E-state index contributed by atoms with van der Waals surface area (Å²) in [5.74, 6) is -1.85. The zero-order valence-electron chi connectivity index (χ0n) is 49.1. The van der Waals surface area contributed by atoms with Gasteiger partial charge in [-0.3, -0.25) is 29.5 Å². The van der Waals surface area contributed by atoms with E-state index in [1.165, 1.54) is 18.4 Å². The van der Waals surface area contributed by atoms with Crippen molar-refractivity contribution < 1.29 is 62.7 Å². The highest BCUT2D eigenvalue weighted by Crippen LogP contribution is 2.32. The van der Waals surface area contributed by atoms with Crippen LogP contribution in [0, 0.1) is 23.2 Å². The number of carbonyl (C=O) groups is 6. The van der Waals surface area contributed by atoms with Crippen LogP contribution in [0.2, 0.25) is 0 Å². The molecular formula is C57H95N9O13S.